The first kappa shape index (κ1) is 16.0. The molecule has 0 radical (unpaired) electrons. The molecular formula is C16H22N4O2. The second-order valence-electron chi connectivity index (χ2n) is 5.42. The van der Waals surface area contributed by atoms with Crippen molar-refractivity contribution in [2.75, 3.05) is 0 Å². The molecule has 0 saturated heterocycles. The van der Waals surface area contributed by atoms with Crippen LogP contribution in [0, 0.1) is 11.3 Å². The van der Waals surface area contributed by atoms with Gasteiger partial charge in [0.15, 0.2) is 0 Å². The van der Waals surface area contributed by atoms with Gasteiger partial charge in [-0.25, -0.2) is 9.79 Å². The molecule has 1 saturated carbocycles. The first-order valence-electron chi connectivity index (χ1n) is 7.49. The molecule has 1 fully saturated rings. The molecular weight excluding hydrogens is 280 g/mol. The molecule has 6 nitrogen and oxygen atoms in total. The Bertz CT molecular complexity index is 522. The highest BCUT2D eigenvalue weighted by atomic mass is 16.5. The lowest BCUT2D eigenvalue weighted by molar-refractivity contribution is 0.132. The zero-order chi connectivity index (χ0) is 15.8. The van der Waals surface area contributed by atoms with Crippen molar-refractivity contribution < 1.29 is 9.53 Å². The molecule has 1 aliphatic rings. The Kier molecular flexibility index (Phi) is 5.94. The van der Waals surface area contributed by atoms with E-state index in [2.05, 4.69) is 10.3 Å². The van der Waals surface area contributed by atoms with E-state index in [0.717, 1.165) is 37.6 Å². The van der Waals surface area contributed by atoms with E-state index < -0.39 is 0 Å². The van der Waals surface area contributed by atoms with Gasteiger partial charge in [0.25, 0.3) is 0 Å². The number of alkyl carbamates (subject to hydrolysis) is 1. The van der Waals surface area contributed by atoms with Crippen LogP contribution >= 0.6 is 0 Å². The van der Waals surface area contributed by atoms with Gasteiger partial charge in [-0.2, -0.15) is 0 Å². The Labute approximate surface area is 130 Å². The summed E-state index contributed by atoms with van der Waals surface area (Å²) >= 11 is 0. The average Bonchev–Trinajstić information content (AvgIpc) is 2.55. The van der Waals surface area contributed by atoms with E-state index in [1.54, 1.807) is 0 Å². The molecule has 0 unspecified atom stereocenters. The van der Waals surface area contributed by atoms with E-state index >= 15 is 0 Å². The maximum Gasteiger partial charge on any atom is 0.407 e. The highest BCUT2D eigenvalue weighted by molar-refractivity contribution is 5.88. The lowest BCUT2D eigenvalue weighted by atomic mass is 9.85. The fraction of sp³-hybridized carbons (Fsp3) is 0.438. The fourth-order valence-electron chi connectivity index (χ4n) is 2.63. The number of aliphatic imine (C=N–C) groups is 1. The molecule has 0 spiro atoms. The predicted molar refractivity (Wildman–Crippen MR) is 85.9 cm³/mol. The molecule has 1 aromatic rings. The lowest BCUT2D eigenvalue weighted by Gasteiger charge is -2.27. The minimum atomic E-state index is -0.387. The minimum absolute atomic E-state index is 0.106. The van der Waals surface area contributed by atoms with Crippen LogP contribution in [0.5, 0.6) is 0 Å². The Morgan fingerprint density at radius 1 is 1.32 bits per heavy atom. The summed E-state index contributed by atoms with van der Waals surface area (Å²) in [5.74, 6) is 0.464. The van der Waals surface area contributed by atoms with Crippen molar-refractivity contribution in [2.24, 2.45) is 16.6 Å². The summed E-state index contributed by atoms with van der Waals surface area (Å²) < 4.78 is 5.21. The quantitative estimate of drug-likeness (QED) is 0.588. The molecule has 0 aliphatic heterocycles. The van der Waals surface area contributed by atoms with Crippen LogP contribution in [0.3, 0.4) is 0 Å². The average molecular weight is 302 g/mol. The van der Waals surface area contributed by atoms with Crippen LogP contribution < -0.4 is 11.1 Å². The standard InChI is InChI=1S/C16H22N4O2/c17-11-19-15(18)13-6-8-14(9-7-13)20-16(21)22-10-12-4-2-1-3-5-12/h1-5,11,13-14H,6-10H2,(H,20,21)(H3,17,18,19). The van der Waals surface area contributed by atoms with Crippen molar-refractivity contribution in [3.05, 3.63) is 35.9 Å². The van der Waals surface area contributed by atoms with E-state index in [9.17, 15) is 4.79 Å². The van der Waals surface area contributed by atoms with E-state index in [1.807, 2.05) is 30.3 Å². The smallest absolute Gasteiger partial charge is 0.407 e. The third-order valence-electron chi connectivity index (χ3n) is 3.86. The summed E-state index contributed by atoms with van der Waals surface area (Å²) in [4.78, 5) is 15.6. The second kappa shape index (κ2) is 8.17. The monoisotopic (exact) mass is 302 g/mol. The van der Waals surface area contributed by atoms with Crippen molar-refractivity contribution >= 4 is 18.3 Å². The third kappa shape index (κ3) is 4.87. The van der Waals surface area contributed by atoms with Gasteiger partial charge in [0, 0.05) is 12.0 Å². The van der Waals surface area contributed by atoms with Crippen molar-refractivity contribution in [1.29, 1.82) is 5.41 Å². The van der Waals surface area contributed by atoms with E-state index in [-0.39, 0.29) is 24.7 Å². The number of nitrogens with zero attached hydrogens (tertiary/aromatic N) is 1. The molecule has 0 aromatic heterocycles. The number of amides is 1. The van der Waals surface area contributed by atoms with Crippen LogP contribution in [0.4, 0.5) is 4.79 Å². The number of hydrogen-bond acceptors (Lipinski definition) is 3. The number of carbonyl (C=O) groups is 1. The first-order chi connectivity index (χ1) is 10.7. The van der Waals surface area contributed by atoms with Crippen LogP contribution in [0.1, 0.15) is 31.2 Å². The molecule has 0 bridgehead atoms. The summed E-state index contributed by atoms with van der Waals surface area (Å²) in [6.45, 7) is 0.276. The Morgan fingerprint density at radius 3 is 2.64 bits per heavy atom. The Hall–Kier alpha value is -2.37. The van der Waals surface area contributed by atoms with Gasteiger partial charge in [0.1, 0.15) is 12.4 Å². The van der Waals surface area contributed by atoms with Crippen molar-refractivity contribution in [3.8, 4) is 0 Å². The number of ether oxygens (including phenoxy) is 1. The largest absolute Gasteiger partial charge is 0.445 e. The van der Waals surface area contributed by atoms with Crippen LogP contribution in [0.2, 0.25) is 0 Å². The topological polar surface area (TPSA) is 101 Å². The van der Waals surface area contributed by atoms with Gasteiger partial charge in [-0.15, -0.1) is 0 Å². The minimum Gasteiger partial charge on any atom is -0.445 e. The molecule has 1 amide bonds. The van der Waals surface area contributed by atoms with Crippen molar-refractivity contribution in [2.45, 2.75) is 38.3 Å². The van der Waals surface area contributed by atoms with Gasteiger partial charge in [-0.1, -0.05) is 30.3 Å². The summed E-state index contributed by atoms with van der Waals surface area (Å²) in [5.41, 5.74) is 6.17. The number of nitrogens with one attached hydrogen (secondary N) is 2. The van der Waals surface area contributed by atoms with Crippen LogP contribution in [-0.4, -0.2) is 24.3 Å². The van der Waals surface area contributed by atoms with Crippen molar-refractivity contribution in [1.82, 2.24) is 5.32 Å². The summed E-state index contributed by atoms with van der Waals surface area (Å²) in [7, 11) is 0. The fourth-order valence-corrected chi connectivity index (χ4v) is 2.63. The molecule has 118 valence electrons. The zero-order valence-electron chi connectivity index (χ0n) is 12.5. The Balaban J connectivity index is 1.69. The number of nitrogens with two attached hydrogens (primary N) is 1. The number of amidine groups is 1. The predicted octanol–water partition coefficient (Wildman–Crippen LogP) is 2.44. The van der Waals surface area contributed by atoms with Gasteiger partial charge in [0.05, 0.1) is 6.34 Å². The molecule has 6 heteroatoms. The molecule has 1 aromatic carbocycles. The second-order valence-corrected chi connectivity index (χ2v) is 5.42. The molecule has 0 heterocycles. The summed E-state index contributed by atoms with van der Waals surface area (Å²) in [6, 6.07) is 9.69. The number of hydrogen-bond donors (Lipinski definition) is 3. The third-order valence-corrected chi connectivity index (χ3v) is 3.86. The van der Waals surface area contributed by atoms with E-state index in [1.165, 1.54) is 0 Å². The van der Waals surface area contributed by atoms with Crippen LogP contribution in [0.15, 0.2) is 35.3 Å². The van der Waals surface area contributed by atoms with Crippen LogP contribution in [0.25, 0.3) is 0 Å². The highest BCUT2D eigenvalue weighted by Crippen LogP contribution is 2.25. The van der Waals surface area contributed by atoms with E-state index in [0.29, 0.717) is 5.84 Å². The lowest BCUT2D eigenvalue weighted by Crippen LogP contribution is -2.38. The van der Waals surface area contributed by atoms with Crippen LogP contribution in [-0.2, 0) is 11.3 Å². The highest BCUT2D eigenvalue weighted by Gasteiger charge is 2.25. The Morgan fingerprint density at radius 2 is 2.00 bits per heavy atom. The van der Waals surface area contributed by atoms with Gasteiger partial charge in [-0.05, 0) is 31.2 Å². The molecule has 4 N–H and O–H groups in total. The maximum atomic E-state index is 11.8. The van der Waals surface area contributed by atoms with Gasteiger partial charge in [-0.3, -0.25) is 5.41 Å². The zero-order valence-corrected chi connectivity index (χ0v) is 12.5. The first-order valence-corrected chi connectivity index (χ1v) is 7.49. The van der Waals surface area contributed by atoms with Gasteiger partial charge >= 0.3 is 6.09 Å². The molecule has 0 atom stereocenters. The number of carbonyl (C=O) groups excluding carboxylic acids is 1. The summed E-state index contributed by atoms with van der Waals surface area (Å²) in [6.07, 6.45) is 4.09. The van der Waals surface area contributed by atoms with Gasteiger partial charge in [0.2, 0.25) is 0 Å². The van der Waals surface area contributed by atoms with Crippen molar-refractivity contribution in [3.63, 3.8) is 0 Å². The number of benzene rings is 1. The van der Waals surface area contributed by atoms with Gasteiger partial charge < -0.3 is 15.8 Å². The summed E-state index contributed by atoms with van der Waals surface area (Å²) in [5, 5.41) is 10.6. The number of rotatable bonds is 4. The molecule has 2 rings (SSSR count). The SMILES string of the molecule is N=C(N=CN)C1CCC(NC(=O)OCc2ccccc2)CC1. The maximum absolute atomic E-state index is 11.8. The van der Waals surface area contributed by atoms with E-state index in [4.69, 9.17) is 15.9 Å². The molecule has 22 heavy (non-hydrogen) atoms. The normalized spacial score (nSPS) is 21.5. The molecule has 1 aliphatic carbocycles.